The van der Waals surface area contributed by atoms with Gasteiger partial charge in [0, 0.05) is 0 Å². The topological polar surface area (TPSA) is 138 Å². The lowest BCUT2D eigenvalue weighted by Gasteiger charge is -2.04. The van der Waals surface area contributed by atoms with Crippen LogP contribution in [0.5, 0.6) is 0 Å². The van der Waals surface area contributed by atoms with Gasteiger partial charge < -0.3 is 11.1 Å². The summed E-state index contributed by atoms with van der Waals surface area (Å²) in [5, 5.41) is 13.2. The molecule has 20 heavy (non-hydrogen) atoms. The van der Waals surface area contributed by atoms with Gasteiger partial charge in [-0.25, -0.2) is 19.3 Å². The predicted molar refractivity (Wildman–Crippen MR) is 65.8 cm³/mol. The molecular formula is C10H8N8O2. The molecule has 10 nitrogen and oxygen atoms in total. The molecule has 3 heterocycles. The molecule has 0 aromatic carbocycles. The summed E-state index contributed by atoms with van der Waals surface area (Å²) in [6.07, 6.45) is 4.39. The lowest BCUT2D eigenvalue weighted by atomic mass is 10.3. The summed E-state index contributed by atoms with van der Waals surface area (Å²) in [5.41, 5.74) is 5.82. The van der Waals surface area contributed by atoms with Crippen LogP contribution in [0.1, 0.15) is 10.5 Å². The van der Waals surface area contributed by atoms with Gasteiger partial charge in [-0.15, -0.1) is 0 Å². The number of hydrogen-bond acceptors (Lipinski definition) is 8. The molecule has 0 atom stereocenters. The van der Waals surface area contributed by atoms with Crippen LogP contribution in [0.2, 0.25) is 0 Å². The molecule has 3 aromatic rings. The smallest absolute Gasteiger partial charge is 0.281 e. The molecule has 0 saturated heterocycles. The molecule has 3 rings (SSSR count). The standard InChI is InChI=1S/C10H8N8O2/c11-9-8(16-20-17-9)10(19)15-6-1-2-7(13-3-6)18-5-12-4-14-18/h1-5H,(H2,11,17)(H,15,19). The molecule has 0 aliphatic heterocycles. The van der Waals surface area contributed by atoms with Crippen LogP contribution < -0.4 is 11.1 Å². The lowest BCUT2D eigenvalue weighted by Crippen LogP contribution is -2.14. The summed E-state index contributed by atoms with van der Waals surface area (Å²) in [7, 11) is 0. The van der Waals surface area contributed by atoms with Gasteiger partial charge in [0.2, 0.25) is 11.5 Å². The average molecular weight is 272 g/mol. The molecule has 0 spiro atoms. The summed E-state index contributed by atoms with van der Waals surface area (Å²) in [5.74, 6) is -0.0307. The largest absolute Gasteiger partial charge is 0.379 e. The van der Waals surface area contributed by atoms with Gasteiger partial charge in [-0.1, -0.05) is 0 Å². The maximum absolute atomic E-state index is 11.8. The van der Waals surface area contributed by atoms with Crippen LogP contribution in [-0.2, 0) is 0 Å². The number of nitrogens with zero attached hydrogens (tertiary/aromatic N) is 6. The highest BCUT2D eigenvalue weighted by molar-refractivity contribution is 6.05. The van der Waals surface area contributed by atoms with Crippen LogP contribution in [0.4, 0.5) is 11.5 Å². The van der Waals surface area contributed by atoms with Gasteiger partial charge in [0.25, 0.3) is 5.91 Å². The SMILES string of the molecule is Nc1nonc1C(=O)Nc1ccc(-n2cncn2)nc1. The van der Waals surface area contributed by atoms with E-state index in [1.54, 1.807) is 12.1 Å². The van der Waals surface area contributed by atoms with E-state index in [1.807, 2.05) is 0 Å². The number of aromatic nitrogens is 6. The van der Waals surface area contributed by atoms with E-state index in [0.29, 0.717) is 11.5 Å². The highest BCUT2D eigenvalue weighted by Gasteiger charge is 2.16. The first-order chi connectivity index (χ1) is 9.74. The van der Waals surface area contributed by atoms with Crippen LogP contribution >= 0.6 is 0 Å². The first-order valence-electron chi connectivity index (χ1n) is 5.44. The third-order valence-corrected chi connectivity index (χ3v) is 2.39. The summed E-state index contributed by atoms with van der Waals surface area (Å²) in [6, 6.07) is 3.33. The van der Waals surface area contributed by atoms with Crippen molar-refractivity contribution in [3.63, 3.8) is 0 Å². The van der Waals surface area contributed by atoms with Gasteiger partial charge in [0.1, 0.15) is 12.7 Å². The molecule has 0 unspecified atom stereocenters. The number of nitrogen functional groups attached to an aromatic ring is 1. The average Bonchev–Trinajstić information content (AvgIpc) is 3.10. The molecule has 0 fully saturated rings. The van der Waals surface area contributed by atoms with E-state index >= 15 is 0 Å². The normalized spacial score (nSPS) is 10.4. The molecule has 0 aliphatic carbocycles. The minimum atomic E-state index is -0.529. The van der Waals surface area contributed by atoms with Gasteiger partial charge in [-0.3, -0.25) is 4.79 Å². The third kappa shape index (κ3) is 2.16. The second kappa shape index (κ2) is 4.76. The molecule has 10 heteroatoms. The predicted octanol–water partition coefficient (Wildman–Crippen LogP) is -0.120. The van der Waals surface area contributed by atoms with Crippen molar-refractivity contribution in [2.24, 2.45) is 0 Å². The van der Waals surface area contributed by atoms with Crippen molar-refractivity contribution in [1.29, 1.82) is 0 Å². The Morgan fingerprint density at radius 3 is 2.85 bits per heavy atom. The number of amides is 1. The molecule has 0 bridgehead atoms. The van der Waals surface area contributed by atoms with Crippen LogP contribution in [0.25, 0.3) is 5.82 Å². The minimum Gasteiger partial charge on any atom is -0.379 e. The zero-order chi connectivity index (χ0) is 13.9. The maximum atomic E-state index is 11.8. The first kappa shape index (κ1) is 11.8. The Kier molecular flexibility index (Phi) is 2.80. The quantitative estimate of drug-likeness (QED) is 0.672. The highest BCUT2D eigenvalue weighted by Crippen LogP contribution is 2.11. The molecule has 0 radical (unpaired) electrons. The Bertz CT molecular complexity index is 718. The number of carbonyl (C=O) groups is 1. The zero-order valence-electron chi connectivity index (χ0n) is 9.96. The molecule has 3 N–H and O–H groups in total. The van der Waals surface area contributed by atoms with Gasteiger partial charge >= 0.3 is 0 Å². The summed E-state index contributed by atoms with van der Waals surface area (Å²) >= 11 is 0. The molecular weight excluding hydrogens is 264 g/mol. The summed E-state index contributed by atoms with van der Waals surface area (Å²) in [6.45, 7) is 0. The van der Waals surface area contributed by atoms with Crippen molar-refractivity contribution < 1.29 is 9.42 Å². The van der Waals surface area contributed by atoms with Gasteiger partial charge in [-0.2, -0.15) is 5.10 Å². The van der Waals surface area contributed by atoms with Gasteiger partial charge in [0.15, 0.2) is 5.82 Å². The van der Waals surface area contributed by atoms with Crippen LogP contribution in [0, 0.1) is 0 Å². The van der Waals surface area contributed by atoms with Crippen molar-refractivity contribution in [1.82, 2.24) is 30.1 Å². The van der Waals surface area contributed by atoms with Crippen LogP contribution in [0.3, 0.4) is 0 Å². The highest BCUT2D eigenvalue weighted by atomic mass is 16.6. The van der Waals surface area contributed by atoms with Crippen LogP contribution in [0.15, 0.2) is 35.6 Å². The second-order valence-electron chi connectivity index (χ2n) is 3.70. The van der Waals surface area contributed by atoms with E-state index in [9.17, 15) is 4.79 Å². The van der Waals surface area contributed by atoms with Crippen LogP contribution in [-0.4, -0.2) is 36.0 Å². The Labute approximate surface area is 111 Å². The summed E-state index contributed by atoms with van der Waals surface area (Å²) < 4.78 is 5.84. The lowest BCUT2D eigenvalue weighted by molar-refractivity contribution is 0.101. The fourth-order valence-electron chi connectivity index (χ4n) is 1.47. The molecule has 1 amide bonds. The van der Waals surface area contributed by atoms with Gasteiger partial charge in [0.05, 0.1) is 11.9 Å². The van der Waals surface area contributed by atoms with Crippen molar-refractivity contribution in [2.75, 3.05) is 11.1 Å². The molecule has 0 aliphatic rings. The first-order valence-corrected chi connectivity index (χ1v) is 5.44. The number of pyridine rings is 1. The van der Waals surface area contributed by atoms with Gasteiger partial charge in [-0.05, 0) is 22.4 Å². The van der Waals surface area contributed by atoms with E-state index in [2.05, 4.69) is 35.3 Å². The Hall–Kier alpha value is -3.30. The monoisotopic (exact) mass is 272 g/mol. The summed E-state index contributed by atoms with van der Waals surface area (Å²) in [4.78, 5) is 19.7. The number of hydrogen-bond donors (Lipinski definition) is 2. The number of nitrogens with one attached hydrogen (secondary N) is 1. The third-order valence-electron chi connectivity index (χ3n) is 2.39. The van der Waals surface area contributed by atoms with Crippen molar-refractivity contribution in [3.05, 3.63) is 36.7 Å². The zero-order valence-corrected chi connectivity index (χ0v) is 9.96. The van der Waals surface area contributed by atoms with Crippen molar-refractivity contribution >= 4 is 17.4 Å². The van der Waals surface area contributed by atoms with E-state index in [1.165, 1.54) is 23.5 Å². The maximum Gasteiger partial charge on any atom is 0.281 e. The van der Waals surface area contributed by atoms with Crippen molar-refractivity contribution in [2.45, 2.75) is 0 Å². The Morgan fingerprint density at radius 1 is 1.35 bits per heavy atom. The second-order valence-corrected chi connectivity index (χ2v) is 3.70. The van der Waals surface area contributed by atoms with E-state index in [-0.39, 0.29) is 11.5 Å². The fraction of sp³-hybridized carbons (Fsp3) is 0. The van der Waals surface area contributed by atoms with Crippen molar-refractivity contribution in [3.8, 4) is 5.82 Å². The molecule has 0 saturated carbocycles. The number of carbonyl (C=O) groups excluding carboxylic acids is 1. The minimum absolute atomic E-state index is 0.0744. The molecule has 100 valence electrons. The van der Waals surface area contributed by atoms with E-state index in [4.69, 9.17) is 5.73 Å². The Morgan fingerprint density at radius 2 is 2.25 bits per heavy atom. The van der Waals surface area contributed by atoms with E-state index < -0.39 is 5.91 Å². The fourth-order valence-corrected chi connectivity index (χ4v) is 1.47. The number of nitrogens with two attached hydrogens (primary N) is 1. The number of rotatable bonds is 3. The van der Waals surface area contributed by atoms with E-state index in [0.717, 1.165) is 0 Å². The Balaban J connectivity index is 1.76. The molecule has 3 aromatic heterocycles. The number of anilines is 2.